The Hall–Kier alpha value is 0.0900. The Morgan fingerprint density at radius 2 is 1.92 bits per heavy atom. The lowest BCUT2D eigenvalue weighted by molar-refractivity contribution is 0.597. The summed E-state index contributed by atoms with van der Waals surface area (Å²) in [6.45, 7) is 0. The average molecular weight is 329 g/mol. The van der Waals surface area contributed by atoms with Crippen molar-refractivity contribution in [1.29, 1.82) is 0 Å². The molecule has 0 aliphatic carbocycles. The number of sulfonamides is 1. The van der Waals surface area contributed by atoms with Gasteiger partial charge in [0.25, 0.3) is 0 Å². The highest BCUT2D eigenvalue weighted by molar-refractivity contribution is 9.11. The molecule has 1 rings (SSSR count). The second kappa shape index (κ2) is 4.08. The van der Waals surface area contributed by atoms with Crippen LogP contribution in [0, 0.1) is 0 Å². The van der Waals surface area contributed by atoms with Crippen LogP contribution in [-0.4, -0.2) is 8.42 Å². The van der Waals surface area contributed by atoms with Gasteiger partial charge in [0.1, 0.15) is 0 Å². The third kappa shape index (κ3) is 3.76. The highest BCUT2D eigenvalue weighted by atomic mass is 79.9. The van der Waals surface area contributed by atoms with Crippen LogP contribution in [0.5, 0.6) is 0 Å². The molecular formula is C7H7Br2NO2S. The van der Waals surface area contributed by atoms with Crippen LogP contribution in [0.25, 0.3) is 0 Å². The molecule has 6 heteroatoms. The van der Waals surface area contributed by atoms with Crippen LogP contribution in [0.15, 0.2) is 27.1 Å². The second-order valence-electron chi connectivity index (χ2n) is 2.54. The third-order valence-corrected chi connectivity index (χ3v) is 3.32. The van der Waals surface area contributed by atoms with E-state index in [4.69, 9.17) is 5.14 Å². The molecule has 0 fully saturated rings. The number of primary sulfonamides is 1. The number of hydrogen-bond acceptors (Lipinski definition) is 2. The van der Waals surface area contributed by atoms with E-state index < -0.39 is 10.0 Å². The van der Waals surface area contributed by atoms with Crippen LogP contribution in [0.2, 0.25) is 0 Å². The van der Waals surface area contributed by atoms with Crippen LogP contribution in [0.1, 0.15) is 5.56 Å². The lowest BCUT2D eigenvalue weighted by atomic mass is 10.2. The molecule has 1 aromatic carbocycles. The first-order valence-electron chi connectivity index (χ1n) is 3.33. The standard InChI is InChI=1S/C7H7Br2NO2S/c8-6-2-1-5(7(9)3-6)4-13(10,11)12/h1-3H,4H2,(H2,10,11,12). The van der Waals surface area contributed by atoms with Gasteiger partial charge >= 0.3 is 0 Å². The van der Waals surface area contributed by atoms with Crippen LogP contribution >= 0.6 is 31.9 Å². The fourth-order valence-corrected chi connectivity index (χ4v) is 2.91. The topological polar surface area (TPSA) is 60.2 Å². The van der Waals surface area contributed by atoms with E-state index in [0.717, 1.165) is 8.95 Å². The van der Waals surface area contributed by atoms with Gasteiger partial charge in [-0.05, 0) is 17.7 Å². The first kappa shape index (κ1) is 11.2. The van der Waals surface area contributed by atoms with E-state index in [1.165, 1.54) is 0 Å². The summed E-state index contributed by atoms with van der Waals surface area (Å²) in [6, 6.07) is 5.25. The van der Waals surface area contributed by atoms with E-state index in [1.54, 1.807) is 18.2 Å². The maximum absolute atomic E-state index is 10.8. The highest BCUT2D eigenvalue weighted by Gasteiger charge is 2.08. The summed E-state index contributed by atoms with van der Waals surface area (Å²) >= 11 is 6.51. The molecule has 0 aliphatic rings. The highest BCUT2D eigenvalue weighted by Crippen LogP contribution is 2.22. The van der Waals surface area contributed by atoms with Crippen molar-refractivity contribution >= 4 is 41.9 Å². The quantitative estimate of drug-likeness (QED) is 0.902. The normalized spacial score (nSPS) is 11.6. The van der Waals surface area contributed by atoms with Crippen LogP contribution in [-0.2, 0) is 15.8 Å². The van der Waals surface area contributed by atoms with Gasteiger partial charge in [0.05, 0.1) is 5.75 Å². The minimum absolute atomic E-state index is 0.152. The Morgan fingerprint density at radius 1 is 1.31 bits per heavy atom. The molecule has 0 saturated heterocycles. The Bertz CT molecular complexity index is 417. The van der Waals surface area contributed by atoms with E-state index in [-0.39, 0.29) is 5.75 Å². The maximum atomic E-state index is 10.8. The van der Waals surface area contributed by atoms with E-state index in [1.807, 2.05) is 0 Å². The fourth-order valence-electron chi connectivity index (χ4n) is 0.855. The first-order chi connectivity index (χ1) is 5.88. The van der Waals surface area contributed by atoms with Gasteiger partial charge in [-0.25, -0.2) is 13.6 Å². The minimum atomic E-state index is -3.46. The molecule has 0 spiro atoms. The van der Waals surface area contributed by atoms with E-state index >= 15 is 0 Å². The van der Waals surface area contributed by atoms with E-state index in [0.29, 0.717) is 5.56 Å². The summed E-state index contributed by atoms with van der Waals surface area (Å²) in [5, 5.41) is 4.91. The van der Waals surface area contributed by atoms with Gasteiger partial charge in [-0.3, -0.25) is 0 Å². The molecule has 13 heavy (non-hydrogen) atoms. The van der Waals surface area contributed by atoms with Crippen molar-refractivity contribution in [3.63, 3.8) is 0 Å². The SMILES string of the molecule is NS(=O)(=O)Cc1ccc(Br)cc1Br. The molecule has 0 bridgehead atoms. The number of hydrogen-bond donors (Lipinski definition) is 1. The molecule has 0 atom stereocenters. The number of halogens is 2. The third-order valence-electron chi connectivity index (χ3n) is 1.37. The van der Waals surface area contributed by atoms with Crippen molar-refractivity contribution in [2.24, 2.45) is 5.14 Å². The van der Waals surface area contributed by atoms with Crippen LogP contribution in [0.3, 0.4) is 0 Å². The Balaban J connectivity index is 3.04. The number of rotatable bonds is 2. The lowest BCUT2D eigenvalue weighted by Gasteiger charge is -2.02. The first-order valence-corrected chi connectivity index (χ1v) is 6.63. The molecule has 0 saturated carbocycles. The molecule has 0 unspecified atom stereocenters. The van der Waals surface area contributed by atoms with Crippen molar-refractivity contribution in [3.05, 3.63) is 32.7 Å². The minimum Gasteiger partial charge on any atom is -0.228 e. The summed E-state index contributed by atoms with van der Waals surface area (Å²) in [5.41, 5.74) is 0.658. The number of benzene rings is 1. The van der Waals surface area contributed by atoms with Gasteiger partial charge < -0.3 is 0 Å². The molecule has 72 valence electrons. The lowest BCUT2D eigenvalue weighted by Crippen LogP contribution is -2.14. The molecule has 0 heterocycles. The molecule has 0 radical (unpaired) electrons. The van der Waals surface area contributed by atoms with Crippen molar-refractivity contribution in [3.8, 4) is 0 Å². The van der Waals surface area contributed by atoms with Crippen molar-refractivity contribution in [2.75, 3.05) is 0 Å². The van der Waals surface area contributed by atoms with Gasteiger partial charge in [0.15, 0.2) is 0 Å². The molecule has 3 nitrogen and oxygen atoms in total. The zero-order valence-electron chi connectivity index (χ0n) is 6.50. The summed E-state index contributed by atoms with van der Waals surface area (Å²) in [4.78, 5) is 0. The molecule has 2 N–H and O–H groups in total. The predicted octanol–water partition coefficient (Wildman–Crippen LogP) is 2.00. The predicted molar refractivity (Wildman–Crippen MR) is 58.7 cm³/mol. The van der Waals surface area contributed by atoms with Crippen LogP contribution < -0.4 is 5.14 Å². The Morgan fingerprint density at radius 3 is 2.38 bits per heavy atom. The van der Waals surface area contributed by atoms with Crippen LogP contribution in [0.4, 0.5) is 0 Å². The second-order valence-corrected chi connectivity index (χ2v) is 5.93. The monoisotopic (exact) mass is 327 g/mol. The zero-order chi connectivity index (χ0) is 10.1. The average Bonchev–Trinajstić information content (AvgIpc) is 1.93. The Labute approximate surface area is 93.6 Å². The summed E-state index contributed by atoms with van der Waals surface area (Å²) in [7, 11) is -3.46. The van der Waals surface area contributed by atoms with Gasteiger partial charge in [0, 0.05) is 8.95 Å². The summed E-state index contributed by atoms with van der Waals surface area (Å²) in [6.07, 6.45) is 0. The summed E-state index contributed by atoms with van der Waals surface area (Å²) < 4.78 is 23.2. The number of nitrogens with two attached hydrogens (primary N) is 1. The van der Waals surface area contributed by atoms with Crippen molar-refractivity contribution < 1.29 is 8.42 Å². The van der Waals surface area contributed by atoms with Crippen molar-refractivity contribution in [1.82, 2.24) is 0 Å². The molecular weight excluding hydrogens is 322 g/mol. The van der Waals surface area contributed by atoms with Gasteiger partial charge in [0.2, 0.25) is 10.0 Å². The molecule has 0 amide bonds. The van der Waals surface area contributed by atoms with Gasteiger partial charge in [-0.1, -0.05) is 37.9 Å². The maximum Gasteiger partial charge on any atom is 0.213 e. The van der Waals surface area contributed by atoms with E-state index in [9.17, 15) is 8.42 Å². The fraction of sp³-hybridized carbons (Fsp3) is 0.143. The molecule has 0 aromatic heterocycles. The van der Waals surface area contributed by atoms with Gasteiger partial charge in [-0.15, -0.1) is 0 Å². The zero-order valence-corrected chi connectivity index (χ0v) is 10.5. The smallest absolute Gasteiger partial charge is 0.213 e. The Kier molecular flexibility index (Phi) is 3.50. The molecule has 1 aromatic rings. The molecule has 0 aliphatic heterocycles. The van der Waals surface area contributed by atoms with Crippen molar-refractivity contribution in [2.45, 2.75) is 5.75 Å². The summed E-state index contributed by atoms with van der Waals surface area (Å²) in [5.74, 6) is -0.152. The largest absolute Gasteiger partial charge is 0.228 e. The van der Waals surface area contributed by atoms with Gasteiger partial charge in [-0.2, -0.15) is 0 Å². The van der Waals surface area contributed by atoms with E-state index in [2.05, 4.69) is 31.9 Å².